The molecule has 4 heteroatoms. The van der Waals surface area contributed by atoms with Crippen LogP contribution in [0.15, 0.2) is 29.2 Å². The van der Waals surface area contributed by atoms with Crippen LogP contribution in [-0.4, -0.2) is 21.2 Å². The van der Waals surface area contributed by atoms with E-state index in [1.54, 1.807) is 24.3 Å². The van der Waals surface area contributed by atoms with E-state index in [9.17, 15) is 8.42 Å². The van der Waals surface area contributed by atoms with Crippen LogP contribution in [0.3, 0.4) is 0 Å². The summed E-state index contributed by atoms with van der Waals surface area (Å²) < 4.78 is 24.1. The highest BCUT2D eigenvalue weighted by Crippen LogP contribution is 2.16. The van der Waals surface area contributed by atoms with Gasteiger partial charge in [-0.25, -0.2) is 8.42 Å². The van der Waals surface area contributed by atoms with Crippen molar-refractivity contribution in [1.29, 1.82) is 0 Å². The molecule has 0 aliphatic rings. The molecular formula is C14H23NO2S. The van der Waals surface area contributed by atoms with E-state index in [0.29, 0.717) is 4.90 Å². The van der Waals surface area contributed by atoms with E-state index < -0.39 is 9.84 Å². The molecule has 18 heavy (non-hydrogen) atoms. The normalized spacial score (nSPS) is 11.4. The second-order valence-electron chi connectivity index (χ2n) is 4.51. The molecule has 0 saturated heterocycles. The predicted octanol–water partition coefficient (Wildman–Crippen LogP) is 3.47. The lowest BCUT2D eigenvalue weighted by Gasteiger charge is -2.06. The number of sulfone groups is 1. The fourth-order valence-electron chi connectivity index (χ4n) is 1.84. The maximum absolute atomic E-state index is 12.0. The van der Waals surface area contributed by atoms with Crippen molar-refractivity contribution in [2.75, 3.05) is 18.1 Å². The average Bonchev–Trinajstić information content (AvgIpc) is 2.38. The molecule has 1 N–H and O–H groups in total. The molecule has 1 rings (SSSR count). The van der Waals surface area contributed by atoms with Gasteiger partial charge in [0.15, 0.2) is 9.84 Å². The topological polar surface area (TPSA) is 46.2 Å². The van der Waals surface area contributed by atoms with Crippen LogP contribution in [0, 0.1) is 0 Å². The third-order valence-corrected chi connectivity index (χ3v) is 4.84. The number of hydrogen-bond donors (Lipinski definition) is 1. The van der Waals surface area contributed by atoms with Gasteiger partial charge >= 0.3 is 0 Å². The summed E-state index contributed by atoms with van der Waals surface area (Å²) in [5, 5.41) is 2.98. The van der Waals surface area contributed by atoms with Gasteiger partial charge in [0.05, 0.1) is 10.6 Å². The van der Waals surface area contributed by atoms with Gasteiger partial charge in [0, 0.05) is 12.7 Å². The van der Waals surface area contributed by atoms with Gasteiger partial charge in [0.2, 0.25) is 0 Å². The first kappa shape index (κ1) is 15.0. The van der Waals surface area contributed by atoms with E-state index in [2.05, 4.69) is 12.2 Å². The van der Waals surface area contributed by atoms with Gasteiger partial charge in [0.25, 0.3) is 0 Å². The van der Waals surface area contributed by atoms with Crippen molar-refractivity contribution in [3.8, 4) is 0 Å². The Kier molecular flexibility index (Phi) is 6.19. The summed E-state index contributed by atoms with van der Waals surface area (Å²) in [4.78, 5) is 0.428. The summed E-state index contributed by atoms with van der Waals surface area (Å²) in [6.07, 6.45) is 5.26. The van der Waals surface area contributed by atoms with Gasteiger partial charge < -0.3 is 5.32 Å². The van der Waals surface area contributed by atoms with Crippen molar-refractivity contribution < 1.29 is 8.42 Å². The van der Waals surface area contributed by atoms with Gasteiger partial charge in [-0.2, -0.15) is 0 Å². The Balaban J connectivity index is 2.51. The quantitative estimate of drug-likeness (QED) is 0.735. The molecule has 1 aromatic rings. The van der Waals surface area contributed by atoms with Crippen LogP contribution < -0.4 is 5.32 Å². The summed E-state index contributed by atoms with van der Waals surface area (Å²) in [6.45, 7) is 2.15. The molecule has 102 valence electrons. The first-order valence-electron chi connectivity index (χ1n) is 6.60. The minimum absolute atomic E-state index is 0.260. The van der Waals surface area contributed by atoms with Crippen molar-refractivity contribution >= 4 is 15.5 Å². The van der Waals surface area contributed by atoms with Gasteiger partial charge in [0.1, 0.15) is 0 Å². The maximum Gasteiger partial charge on any atom is 0.178 e. The molecule has 0 amide bonds. The second kappa shape index (κ2) is 7.41. The van der Waals surface area contributed by atoms with E-state index in [1.165, 1.54) is 12.8 Å². The molecule has 0 saturated carbocycles. The van der Waals surface area contributed by atoms with E-state index >= 15 is 0 Å². The number of hydrogen-bond acceptors (Lipinski definition) is 3. The van der Waals surface area contributed by atoms with Crippen LogP contribution in [0.2, 0.25) is 0 Å². The Morgan fingerprint density at radius 3 is 2.17 bits per heavy atom. The molecular weight excluding hydrogens is 246 g/mol. The van der Waals surface area contributed by atoms with Gasteiger partial charge in [-0.05, 0) is 30.7 Å². The maximum atomic E-state index is 12.0. The lowest BCUT2D eigenvalue weighted by atomic mass is 10.2. The van der Waals surface area contributed by atoms with Gasteiger partial charge in [-0.15, -0.1) is 0 Å². The lowest BCUT2D eigenvalue weighted by Crippen LogP contribution is -2.06. The third kappa shape index (κ3) is 4.69. The Hall–Kier alpha value is -1.03. The summed E-state index contributed by atoms with van der Waals surface area (Å²) >= 11 is 0. The summed E-state index contributed by atoms with van der Waals surface area (Å²) in [6, 6.07) is 6.94. The molecule has 0 bridgehead atoms. The van der Waals surface area contributed by atoms with Gasteiger partial charge in [-0.1, -0.05) is 32.6 Å². The standard InChI is InChI=1S/C14H23NO2S/c1-3-4-5-6-7-12-18(16,17)14-10-8-13(15-2)9-11-14/h8-11,15H,3-7,12H2,1-2H3. The third-order valence-electron chi connectivity index (χ3n) is 3.02. The fraction of sp³-hybridized carbons (Fsp3) is 0.571. The summed E-state index contributed by atoms with van der Waals surface area (Å²) in [5.41, 5.74) is 0.928. The Morgan fingerprint density at radius 2 is 1.61 bits per heavy atom. The van der Waals surface area contributed by atoms with E-state index in [4.69, 9.17) is 0 Å². The minimum Gasteiger partial charge on any atom is -0.388 e. The molecule has 0 fully saturated rings. The molecule has 0 aromatic heterocycles. The Labute approximate surface area is 111 Å². The monoisotopic (exact) mass is 269 g/mol. The predicted molar refractivity (Wildman–Crippen MR) is 76.8 cm³/mol. The largest absolute Gasteiger partial charge is 0.388 e. The zero-order chi connectivity index (χ0) is 13.4. The van der Waals surface area contributed by atoms with Crippen LogP contribution in [0.5, 0.6) is 0 Å². The van der Waals surface area contributed by atoms with Crippen LogP contribution in [0.4, 0.5) is 5.69 Å². The zero-order valence-electron chi connectivity index (χ0n) is 11.3. The number of rotatable bonds is 8. The first-order valence-corrected chi connectivity index (χ1v) is 8.26. The van der Waals surface area contributed by atoms with Crippen molar-refractivity contribution in [2.45, 2.75) is 43.9 Å². The second-order valence-corrected chi connectivity index (χ2v) is 6.62. The van der Waals surface area contributed by atoms with Crippen molar-refractivity contribution in [2.24, 2.45) is 0 Å². The fourth-order valence-corrected chi connectivity index (χ4v) is 3.21. The smallest absolute Gasteiger partial charge is 0.178 e. The van der Waals surface area contributed by atoms with Crippen molar-refractivity contribution in [1.82, 2.24) is 0 Å². The van der Waals surface area contributed by atoms with E-state index in [0.717, 1.165) is 24.9 Å². The Morgan fingerprint density at radius 1 is 1.00 bits per heavy atom. The average molecular weight is 269 g/mol. The highest BCUT2D eigenvalue weighted by atomic mass is 32.2. The minimum atomic E-state index is -3.10. The highest BCUT2D eigenvalue weighted by molar-refractivity contribution is 7.91. The SMILES string of the molecule is CCCCCCCS(=O)(=O)c1ccc(NC)cc1. The van der Waals surface area contributed by atoms with Crippen LogP contribution in [0.25, 0.3) is 0 Å². The zero-order valence-corrected chi connectivity index (χ0v) is 12.1. The number of nitrogens with one attached hydrogen (secondary N) is 1. The molecule has 0 atom stereocenters. The molecule has 0 unspecified atom stereocenters. The molecule has 1 aromatic carbocycles. The summed E-state index contributed by atoms with van der Waals surface area (Å²) in [5.74, 6) is 0.260. The number of anilines is 1. The van der Waals surface area contributed by atoms with E-state index in [1.807, 2.05) is 7.05 Å². The number of benzene rings is 1. The van der Waals surface area contributed by atoms with Crippen LogP contribution in [-0.2, 0) is 9.84 Å². The molecule has 0 heterocycles. The molecule has 0 aliphatic carbocycles. The van der Waals surface area contributed by atoms with Crippen molar-refractivity contribution in [3.63, 3.8) is 0 Å². The number of unbranched alkanes of at least 4 members (excludes halogenated alkanes) is 4. The molecule has 0 spiro atoms. The molecule has 3 nitrogen and oxygen atoms in total. The van der Waals surface area contributed by atoms with Crippen molar-refractivity contribution in [3.05, 3.63) is 24.3 Å². The highest BCUT2D eigenvalue weighted by Gasteiger charge is 2.13. The van der Waals surface area contributed by atoms with Gasteiger partial charge in [-0.3, -0.25) is 0 Å². The van der Waals surface area contributed by atoms with Crippen LogP contribution >= 0.6 is 0 Å². The van der Waals surface area contributed by atoms with Crippen LogP contribution in [0.1, 0.15) is 39.0 Å². The Bertz CT molecular complexity index is 437. The first-order chi connectivity index (χ1) is 8.60. The lowest BCUT2D eigenvalue weighted by molar-refractivity contribution is 0.587. The van der Waals surface area contributed by atoms with E-state index in [-0.39, 0.29) is 5.75 Å². The molecule has 0 aliphatic heterocycles. The molecule has 0 radical (unpaired) electrons. The summed E-state index contributed by atoms with van der Waals surface area (Å²) in [7, 11) is -1.28.